The van der Waals surface area contributed by atoms with E-state index in [2.05, 4.69) is 5.32 Å². The molecule has 4 rings (SSSR count). The number of halogens is 2. The number of amides is 1. The highest BCUT2D eigenvalue weighted by atomic mass is 35.5. The molecule has 1 saturated heterocycles. The van der Waals surface area contributed by atoms with E-state index in [4.69, 9.17) is 11.6 Å². The molecule has 9 heteroatoms. The molecule has 1 saturated carbocycles. The van der Waals surface area contributed by atoms with Crippen molar-refractivity contribution in [3.63, 3.8) is 0 Å². The van der Waals surface area contributed by atoms with Gasteiger partial charge in [0.2, 0.25) is 15.9 Å². The second-order valence-electron chi connectivity index (χ2n) is 7.61. The van der Waals surface area contributed by atoms with E-state index in [-0.39, 0.29) is 40.8 Å². The molecule has 2 aliphatic rings. The minimum Gasteiger partial charge on any atom is -0.352 e. The zero-order valence-electron chi connectivity index (χ0n) is 16.3. The van der Waals surface area contributed by atoms with Gasteiger partial charge in [0.15, 0.2) is 0 Å². The van der Waals surface area contributed by atoms with Crippen molar-refractivity contribution < 1.29 is 17.6 Å². The van der Waals surface area contributed by atoms with E-state index in [1.165, 1.54) is 22.5 Å². The maximum absolute atomic E-state index is 13.4. The monoisotopic (exact) mass is 451 g/mol. The predicted octanol–water partition coefficient (Wildman–Crippen LogP) is 2.81. The lowest BCUT2D eigenvalue weighted by Gasteiger charge is -2.38. The fraction of sp³-hybridized carbons (Fsp3) is 0.381. The molecule has 2 fully saturated rings. The maximum atomic E-state index is 13.4. The van der Waals surface area contributed by atoms with Crippen LogP contribution in [-0.2, 0) is 14.8 Å². The van der Waals surface area contributed by atoms with Gasteiger partial charge in [-0.2, -0.15) is 4.31 Å². The van der Waals surface area contributed by atoms with Crippen molar-refractivity contribution in [2.45, 2.75) is 29.8 Å². The van der Waals surface area contributed by atoms with Gasteiger partial charge in [-0.05, 0) is 42.7 Å². The number of piperazine rings is 1. The van der Waals surface area contributed by atoms with E-state index in [0.29, 0.717) is 18.7 Å². The molecule has 1 atom stereocenters. The molecule has 0 radical (unpaired) electrons. The first kappa shape index (κ1) is 21.2. The van der Waals surface area contributed by atoms with Crippen molar-refractivity contribution in [1.29, 1.82) is 0 Å². The zero-order chi connectivity index (χ0) is 21.3. The van der Waals surface area contributed by atoms with E-state index in [1.54, 1.807) is 30.3 Å². The number of carbonyl (C=O) groups excluding carboxylic acids is 1. The minimum atomic E-state index is -3.72. The van der Waals surface area contributed by atoms with Crippen molar-refractivity contribution >= 4 is 27.5 Å². The molecule has 0 spiro atoms. The van der Waals surface area contributed by atoms with Crippen LogP contribution in [-0.4, -0.2) is 55.8 Å². The summed E-state index contributed by atoms with van der Waals surface area (Å²) in [6.07, 6.45) is 1.93. The lowest BCUT2D eigenvalue weighted by atomic mass is 10.0. The van der Waals surface area contributed by atoms with Gasteiger partial charge in [-0.1, -0.05) is 35.9 Å². The van der Waals surface area contributed by atoms with E-state index < -0.39 is 16.1 Å². The molecule has 160 valence electrons. The van der Waals surface area contributed by atoms with Crippen LogP contribution in [0.4, 0.5) is 4.39 Å². The summed E-state index contributed by atoms with van der Waals surface area (Å²) < 4.78 is 40.7. The lowest BCUT2D eigenvalue weighted by molar-refractivity contribution is -0.127. The summed E-state index contributed by atoms with van der Waals surface area (Å²) in [4.78, 5) is 15.0. The highest BCUT2D eigenvalue weighted by Gasteiger charge is 2.36. The van der Waals surface area contributed by atoms with Gasteiger partial charge in [-0.15, -0.1) is 0 Å². The number of benzene rings is 2. The van der Waals surface area contributed by atoms with Crippen LogP contribution in [0.15, 0.2) is 53.4 Å². The Hall–Kier alpha value is -2.00. The maximum Gasteiger partial charge on any atom is 0.244 e. The lowest BCUT2D eigenvalue weighted by Crippen LogP contribution is -2.52. The first-order valence-electron chi connectivity index (χ1n) is 9.91. The number of sulfonamides is 1. The Morgan fingerprint density at radius 1 is 1.03 bits per heavy atom. The van der Waals surface area contributed by atoms with E-state index in [0.717, 1.165) is 12.8 Å². The number of carbonyl (C=O) groups is 1. The molecule has 1 N–H and O–H groups in total. The van der Waals surface area contributed by atoms with Crippen molar-refractivity contribution in [1.82, 2.24) is 14.5 Å². The summed E-state index contributed by atoms with van der Waals surface area (Å²) in [5, 5.41) is 3.20. The fourth-order valence-electron chi connectivity index (χ4n) is 3.68. The summed E-state index contributed by atoms with van der Waals surface area (Å²) in [6.45, 7) is 1.23. The van der Waals surface area contributed by atoms with Crippen LogP contribution >= 0.6 is 11.6 Å². The number of rotatable bonds is 6. The van der Waals surface area contributed by atoms with Crippen LogP contribution in [0.25, 0.3) is 0 Å². The molecule has 0 bridgehead atoms. The Morgan fingerprint density at radius 3 is 2.27 bits per heavy atom. The molecular weight excluding hydrogens is 429 g/mol. The fourth-order valence-corrected chi connectivity index (χ4v) is 5.59. The standard InChI is InChI=1S/C21H23ClFN3O3S/c22-18-3-1-2-4-19(18)30(28,29)26-13-11-25(12-14-26)20(21(27)24-17-9-10-17)15-5-7-16(23)8-6-15/h1-8,17,20H,9-14H2,(H,24,27)/t20-/m0/s1. The zero-order valence-corrected chi connectivity index (χ0v) is 17.9. The molecular formula is C21H23ClFN3O3S. The van der Waals surface area contributed by atoms with Gasteiger partial charge in [-0.3, -0.25) is 9.69 Å². The summed E-state index contributed by atoms with van der Waals surface area (Å²) in [6, 6.07) is 11.9. The van der Waals surface area contributed by atoms with Crippen LogP contribution < -0.4 is 5.32 Å². The third kappa shape index (κ3) is 4.51. The third-order valence-electron chi connectivity index (χ3n) is 5.45. The first-order chi connectivity index (χ1) is 14.4. The molecule has 0 unspecified atom stereocenters. The van der Waals surface area contributed by atoms with Crippen LogP contribution in [0, 0.1) is 5.82 Å². The molecule has 30 heavy (non-hydrogen) atoms. The number of nitrogens with one attached hydrogen (secondary N) is 1. The van der Waals surface area contributed by atoms with Gasteiger partial charge < -0.3 is 5.32 Å². The van der Waals surface area contributed by atoms with Crippen LogP contribution in [0.3, 0.4) is 0 Å². The summed E-state index contributed by atoms with van der Waals surface area (Å²) in [5.41, 5.74) is 0.692. The van der Waals surface area contributed by atoms with Crippen molar-refractivity contribution in [2.24, 2.45) is 0 Å². The van der Waals surface area contributed by atoms with Crippen LogP contribution in [0.5, 0.6) is 0 Å². The van der Waals surface area contributed by atoms with Gasteiger partial charge in [-0.25, -0.2) is 12.8 Å². The molecule has 2 aromatic rings. The Labute approximate surface area is 180 Å². The Morgan fingerprint density at radius 2 is 1.67 bits per heavy atom. The van der Waals surface area contributed by atoms with Crippen molar-refractivity contribution in [3.8, 4) is 0 Å². The quantitative estimate of drug-likeness (QED) is 0.733. The highest BCUT2D eigenvalue weighted by Crippen LogP contribution is 2.29. The van der Waals surface area contributed by atoms with Gasteiger partial charge in [0.05, 0.1) is 5.02 Å². The highest BCUT2D eigenvalue weighted by molar-refractivity contribution is 7.89. The van der Waals surface area contributed by atoms with Crippen LogP contribution in [0.1, 0.15) is 24.4 Å². The molecule has 1 aliphatic carbocycles. The van der Waals surface area contributed by atoms with Gasteiger partial charge in [0, 0.05) is 32.2 Å². The number of hydrogen-bond donors (Lipinski definition) is 1. The number of hydrogen-bond acceptors (Lipinski definition) is 4. The van der Waals surface area contributed by atoms with Crippen molar-refractivity contribution in [3.05, 3.63) is 64.9 Å². The molecule has 1 aliphatic heterocycles. The number of nitrogens with zero attached hydrogens (tertiary/aromatic N) is 2. The van der Waals surface area contributed by atoms with Gasteiger partial charge in [0.1, 0.15) is 16.8 Å². The molecule has 0 aromatic heterocycles. The first-order valence-corrected chi connectivity index (χ1v) is 11.7. The Kier molecular flexibility index (Phi) is 6.11. The smallest absolute Gasteiger partial charge is 0.244 e. The third-order valence-corrected chi connectivity index (χ3v) is 7.85. The van der Waals surface area contributed by atoms with E-state index in [9.17, 15) is 17.6 Å². The average Bonchev–Trinajstić information content (AvgIpc) is 3.54. The molecule has 2 aromatic carbocycles. The summed E-state index contributed by atoms with van der Waals surface area (Å²) in [5.74, 6) is -0.498. The second kappa shape index (κ2) is 8.63. The summed E-state index contributed by atoms with van der Waals surface area (Å²) >= 11 is 6.10. The Bertz CT molecular complexity index is 1020. The van der Waals surface area contributed by atoms with Gasteiger partial charge >= 0.3 is 0 Å². The minimum absolute atomic E-state index is 0.0849. The SMILES string of the molecule is O=C(NC1CC1)[C@H](c1ccc(F)cc1)N1CCN(S(=O)(=O)c2ccccc2Cl)CC1. The summed E-state index contributed by atoms with van der Waals surface area (Å²) in [7, 11) is -3.72. The van der Waals surface area contributed by atoms with E-state index in [1.807, 2.05) is 4.90 Å². The average molecular weight is 452 g/mol. The predicted molar refractivity (Wildman–Crippen MR) is 112 cm³/mol. The Balaban J connectivity index is 1.51. The molecule has 1 amide bonds. The molecule has 1 heterocycles. The molecule has 6 nitrogen and oxygen atoms in total. The van der Waals surface area contributed by atoms with E-state index >= 15 is 0 Å². The van der Waals surface area contributed by atoms with Crippen molar-refractivity contribution in [2.75, 3.05) is 26.2 Å². The van der Waals surface area contributed by atoms with Crippen LogP contribution in [0.2, 0.25) is 5.02 Å². The second-order valence-corrected chi connectivity index (χ2v) is 9.92. The normalized spacial score (nSPS) is 19.4. The topological polar surface area (TPSA) is 69.7 Å². The van der Waals surface area contributed by atoms with Gasteiger partial charge in [0.25, 0.3) is 0 Å². The largest absolute Gasteiger partial charge is 0.352 e.